The molecule has 100 valence electrons. The van der Waals surface area contributed by atoms with E-state index in [0.717, 1.165) is 26.9 Å². The topological polar surface area (TPSA) is 29.5 Å². The fraction of sp³-hybridized carbons (Fsp3) is 0.200. The number of aliphatic hydroxyl groups excluding tert-OH is 1. The molecule has 0 heterocycles. The van der Waals surface area contributed by atoms with Crippen LogP contribution in [0.25, 0.3) is 0 Å². The molecule has 2 aromatic rings. The van der Waals surface area contributed by atoms with Crippen molar-refractivity contribution >= 4 is 27.5 Å². The van der Waals surface area contributed by atoms with E-state index in [2.05, 4.69) is 15.9 Å². The summed E-state index contributed by atoms with van der Waals surface area (Å²) >= 11 is 9.32. The number of methoxy groups -OCH3 is 1. The molecule has 0 aliphatic carbocycles. The Balaban J connectivity index is 2.38. The third-order valence-corrected chi connectivity index (χ3v) is 4.24. The lowest BCUT2D eigenvalue weighted by molar-refractivity contribution is 0.219. The average molecular weight is 342 g/mol. The van der Waals surface area contributed by atoms with Crippen molar-refractivity contribution < 1.29 is 9.84 Å². The fourth-order valence-electron chi connectivity index (χ4n) is 1.94. The lowest BCUT2D eigenvalue weighted by Gasteiger charge is -2.15. The maximum Gasteiger partial charge on any atom is 0.119 e. The first-order valence-corrected chi connectivity index (χ1v) is 6.97. The third kappa shape index (κ3) is 3.11. The summed E-state index contributed by atoms with van der Waals surface area (Å²) in [4.78, 5) is 0. The quantitative estimate of drug-likeness (QED) is 0.890. The van der Waals surface area contributed by atoms with Gasteiger partial charge in [-0.15, -0.1) is 0 Å². The van der Waals surface area contributed by atoms with Gasteiger partial charge in [-0.25, -0.2) is 0 Å². The van der Waals surface area contributed by atoms with Crippen LogP contribution in [-0.2, 0) is 0 Å². The van der Waals surface area contributed by atoms with E-state index < -0.39 is 6.10 Å². The van der Waals surface area contributed by atoms with Crippen LogP contribution in [-0.4, -0.2) is 12.2 Å². The van der Waals surface area contributed by atoms with Crippen LogP contribution in [0.5, 0.6) is 5.75 Å². The summed E-state index contributed by atoms with van der Waals surface area (Å²) in [5.41, 5.74) is 2.64. The second kappa shape index (κ2) is 5.95. The monoisotopic (exact) mass is 340 g/mol. The van der Waals surface area contributed by atoms with Gasteiger partial charge in [0.05, 0.1) is 12.1 Å². The fourth-order valence-corrected chi connectivity index (χ4v) is 2.46. The van der Waals surface area contributed by atoms with Gasteiger partial charge < -0.3 is 9.84 Å². The predicted molar refractivity (Wildman–Crippen MR) is 80.9 cm³/mol. The average Bonchev–Trinajstić information content (AvgIpc) is 2.41. The summed E-state index contributed by atoms with van der Waals surface area (Å²) in [6, 6.07) is 11.0. The van der Waals surface area contributed by atoms with Gasteiger partial charge in [-0.2, -0.15) is 0 Å². The Kier molecular flexibility index (Phi) is 4.50. The Labute approximate surface area is 126 Å². The molecule has 1 atom stereocenters. The highest BCUT2D eigenvalue weighted by Gasteiger charge is 2.14. The molecule has 2 nitrogen and oxygen atoms in total. The van der Waals surface area contributed by atoms with Crippen molar-refractivity contribution in [2.24, 2.45) is 0 Å². The van der Waals surface area contributed by atoms with E-state index in [1.807, 2.05) is 37.3 Å². The lowest BCUT2D eigenvalue weighted by Crippen LogP contribution is -2.02. The minimum Gasteiger partial charge on any atom is -0.497 e. The van der Waals surface area contributed by atoms with E-state index in [9.17, 15) is 5.11 Å². The maximum atomic E-state index is 10.4. The van der Waals surface area contributed by atoms with Crippen LogP contribution < -0.4 is 4.74 Å². The summed E-state index contributed by atoms with van der Waals surface area (Å²) in [5, 5.41) is 11.1. The van der Waals surface area contributed by atoms with E-state index in [0.29, 0.717) is 5.02 Å². The van der Waals surface area contributed by atoms with Crippen LogP contribution in [0.2, 0.25) is 5.02 Å². The lowest BCUT2D eigenvalue weighted by atomic mass is 9.97. The molecule has 19 heavy (non-hydrogen) atoms. The number of ether oxygens (including phenoxy) is 1. The minimum absolute atomic E-state index is 0.627. The molecule has 0 aromatic heterocycles. The first-order chi connectivity index (χ1) is 9.02. The maximum absolute atomic E-state index is 10.4. The van der Waals surface area contributed by atoms with Gasteiger partial charge in [0.2, 0.25) is 0 Å². The van der Waals surface area contributed by atoms with Crippen LogP contribution in [0.3, 0.4) is 0 Å². The van der Waals surface area contributed by atoms with E-state index in [1.165, 1.54) is 0 Å². The Morgan fingerprint density at radius 1 is 1.21 bits per heavy atom. The Morgan fingerprint density at radius 2 is 1.95 bits per heavy atom. The third-order valence-electron chi connectivity index (χ3n) is 3.03. The number of aliphatic hydroxyl groups is 1. The summed E-state index contributed by atoms with van der Waals surface area (Å²) in [6.07, 6.45) is -0.681. The van der Waals surface area contributed by atoms with Crippen molar-refractivity contribution in [3.05, 3.63) is 62.6 Å². The number of hydrogen-bond acceptors (Lipinski definition) is 2. The van der Waals surface area contributed by atoms with Gasteiger partial charge in [0.1, 0.15) is 11.9 Å². The van der Waals surface area contributed by atoms with Gasteiger partial charge in [-0.05, 0) is 63.8 Å². The first kappa shape index (κ1) is 14.4. The van der Waals surface area contributed by atoms with Crippen molar-refractivity contribution in [2.75, 3.05) is 7.11 Å². The van der Waals surface area contributed by atoms with Gasteiger partial charge in [0.15, 0.2) is 0 Å². The van der Waals surface area contributed by atoms with Crippen LogP contribution in [0, 0.1) is 6.92 Å². The zero-order valence-corrected chi connectivity index (χ0v) is 13.0. The Bertz CT molecular complexity index is 599. The highest BCUT2D eigenvalue weighted by atomic mass is 79.9. The van der Waals surface area contributed by atoms with Gasteiger partial charge in [0, 0.05) is 4.47 Å². The van der Waals surface area contributed by atoms with Crippen molar-refractivity contribution in [1.82, 2.24) is 0 Å². The molecule has 4 heteroatoms. The zero-order valence-electron chi connectivity index (χ0n) is 10.7. The largest absolute Gasteiger partial charge is 0.497 e. The smallest absolute Gasteiger partial charge is 0.119 e. The molecule has 0 aliphatic rings. The van der Waals surface area contributed by atoms with Gasteiger partial charge >= 0.3 is 0 Å². The second-order valence-electron chi connectivity index (χ2n) is 4.30. The highest BCUT2D eigenvalue weighted by Crippen LogP contribution is 2.31. The molecular formula is C15H14BrClO2. The molecule has 0 fully saturated rings. The second-order valence-corrected chi connectivity index (χ2v) is 5.56. The normalized spacial score (nSPS) is 12.3. The highest BCUT2D eigenvalue weighted by molar-refractivity contribution is 9.10. The number of hydrogen-bond donors (Lipinski definition) is 1. The Morgan fingerprint density at radius 3 is 2.53 bits per heavy atom. The summed E-state index contributed by atoms with van der Waals surface area (Å²) in [7, 11) is 1.63. The van der Waals surface area contributed by atoms with E-state index >= 15 is 0 Å². The molecule has 0 radical (unpaired) electrons. The van der Waals surface area contributed by atoms with Gasteiger partial charge in [0.25, 0.3) is 0 Å². The van der Waals surface area contributed by atoms with E-state index in [1.54, 1.807) is 13.2 Å². The molecule has 2 aromatic carbocycles. The van der Waals surface area contributed by atoms with Gasteiger partial charge in [-0.3, -0.25) is 0 Å². The van der Waals surface area contributed by atoms with Crippen molar-refractivity contribution in [3.8, 4) is 5.75 Å². The molecule has 0 saturated carbocycles. The standard InChI is InChI=1S/C15H14BrClO2/c1-9-7-11(19-2)4-5-12(9)15(18)10-3-6-14(17)13(16)8-10/h3-8,15,18H,1-2H3. The van der Waals surface area contributed by atoms with E-state index in [-0.39, 0.29) is 0 Å². The molecule has 1 unspecified atom stereocenters. The summed E-state index contributed by atoms with van der Waals surface area (Å²) in [5.74, 6) is 0.783. The first-order valence-electron chi connectivity index (χ1n) is 5.80. The van der Waals surface area contributed by atoms with Gasteiger partial charge in [-0.1, -0.05) is 23.7 Å². The SMILES string of the molecule is COc1ccc(C(O)c2ccc(Cl)c(Br)c2)c(C)c1. The summed E-state index contributed by atoms with van der Waals surface area (Å²) in [6.45, 7) is 1.95. The molecular weight excluding hydrogens is 328 g/mol. The molecule has 0 spiro atoms. The number of benzene rings is 2. The molecule has 0 saturated heterocycles. The summed E-state index contributed by atoms with van der Waals surface area (Å²) < 4.78 is 5.94. The van der Waals surface area contributed by atoms with Crippen molar-refractivity contribution in [2.45, 2.75) is 13.0 Å². The van der Waals surface area contributed by atoms with Crippen molar-refractivity contribution in [3.63, 3.8) is 0 Å². The number of rotatable bonds is 3. The predicted octanol–water partition coefficient (Wildman–Crippen LogP) is 4.50. The molecule has 0 bridgehead atoms. The zero-order chi connectivity index (χ0) is 14.0. The molecule has 1 N–H and O–H groups in total. The van der Waals surface area contributed by atoms with Crippen LogP contribution in [0.4, 0.5) is 0 Å². The Hall–Kier alpha value is -1.03. The van der Waals surface area contributed by atoms with Crippen LogP contribution >= 0.6 is 27.5 Å². The van der Waals surface area contributed by atoms with Crippen LogP contribution in [0.1, 0.15) is 22.8 Å². The molecule has 0 aliphatic heterocycles. The van der Waals surface area contributed by atoms with Crippen molar-refractivity contribution in [1.29, 1.82) is 0 Å². The van der Waals surface area contributed by atoms with Crippen LogP contribution in [0.15, 0.2) is 40.9 Å². The number of aryl methyl sites for hydroxylation is 1. The molecule has 2 rings (SSSR count). The number of halogens is 2. The molecule has 0 amide bonds. The minimum atomic E-state index is -0.681. The van der Waals surface area contributed by atoms with E-state index in [4.69, 9.17) is 16.3 Å².